The average molecular weight is 902 g/mol. The molecule has 0 aromatic rings. The van der Waals surface area contributed by atoms with E-state index < -0.39 is 20.0 Å². The molecule has 0 aromatic heterocycles. The normalized spacial score (nSPS) is 14.0. The van der Waals surface area contributed by atoms with Crippen LogP contribution >= 0.6 is 7.82 Å². The molecule has 0 saturated heterocycles. The van der Waals surface area contributed by atoms with E-state index >= 15 is 0 Å². The summed E-state index contributed by atoms with van der Waals surface area (Å²) in [4.78, 5) is 23.1. The lowest BCUT2D eigenvalue weighted by Gasteiger charge is -2.26. The van der Waals surface area contributed by atoms with Crippen LogP contribution in [-0.4, -0.2) is 73.4 Å². The Morgan fingerprint density at radius 2 is 0.774 bits per heavy atom. The fourth-order valence-corrected chi connectivity index (χ4v) is 9.26. The van der Waals surface area contributed by atoms with Crippen molar-refractivity contribution < 1.29 is 32.9 Å². The molecule has 3 unspecified atom stereocenters. The van der Waals surface area contributed by atoms with E-state index in [1.54, 1.807) is 0 Å². The van der Waals surface area contributed by atoms with Gasteiger partial charge in [0.15, 0.2) is 0 Å². The van der Waals surface area contributed by atoms with E-state index in [0.29, 0.717) is 23.9 Å². The molecule has 3 atom stereocenters. The van der Waals surface area contributed by atoms with Crippen molar-refractivity contribution in [2.45, 2.75) is 296 Å². The van der Waals surface area contributed by atoms with E-state index in [-0.39, 0.29) is 19.1 Å². The number of carbonyl (C=O) groups excluding carboxylic acids is 1. The number of phosphoric acid groups is 1. The fourth-order valence-electron chi connectivity index (χ4n) is 8.52. The molecule has 0 aromatic carbocycles. The average Bonchev–Trinajstić information content (AvgIpc) is 3.23. The summed E-state index contributed by atoms with van der Waals surface area (Å²) >= 11 is 0. The SMILES string of the molecule is CCCCCCCCCCCCCCCCCCCCCCCCCCCCCCCCCCC(=O)NC(COP(=O)(O)OCC[N+](C)(C)C)C(O)CCCCCCCCCC. The van der Waals surface area contributed by atoms with Crippen molar-refractivity contribution >= 4 is 13.7 Å². The summed E-state index contributed by atoms with van der Waals surface area (Å²) in [5, 5.41) is 13.9. The van der Waals surface area contributed by atoms with Gasteiger partial charge in [-0.15, -0.1) is 0 Å². The molecule has 0 fully saturated rings. The van der Waals surface area contributed by atoms with Crippen LogP contribution in [-0.2, 0) is 18.4 Å². The number of hydrogen-bond donors (Lipinski definition) is 3. The van der Waals surface area contributed by atoms with Crippen LogP contribution in [0.15, 0.2) is 0 Å². The zero-order valence-corrected chi connectivity index (χ0v) is 43.3. The molecule has 0 rings (SSSR count). The summed E-state index contributed by atoms with van der Waals surface area (Å²) < 4.78 is 23.6. The predicted molar refractivity (Wildman–Crippen MR) is 268 cm³/mol. The molecule has 0 aliphatic rings. The van der Waals surface area contributed by atoms with Gasteiger partial charge in [-0.05, 0) is 12.8 Å². The Balaban J connectivity index is 3.83. The molecular formula is C53H110N2O6P+. The Labute approximate surface area is 387 Å². The fraction of sp³-hybridized carbons (Fsp3) is 0.981. The minimum absolute atomic E-state index is 0.0782. The van der Waals surface area contributed by atoms with Gasteiger partial charge in [0.1, 0.15) is 13.2 Å². The highest BCUT2D eigenvalue weighted by Crippen LogP contribution is 2.43. The van der Waals surface area contributed by atoms with Crippen LogP contribution in [0.25, 0.3) is 0 Å². The first-order valence-corrected chi connectivity index (χ1v) is 28.9. The molecule has 3 N–H and O–H groups in total. The molecule has 1 amide bonds. The van der Waals surface area contributed by atoms with Crippen molar-refractivity contribution in [1.82, 2.24) is 5.32 Å². The maximum absolute atomic E-state index is 12.9. The Hall–Kier alpha value is -0.500. The molecule has 372 valence electrons. The van der Waals surface area contributed by atoms with Crippen LogP contribution in [0, 0.1) is 0 Å². The molecule has 0 bridgehead atoms. The molecule has 0 radical (unpaired) electrons. The van der Waals surface area contributed by atoms with Crippen LogP contribution in [0.2, 0.25) is 0 Å². The number of likely N-dealkylation sites (N-methyl/N-ethyl adjacent to an activating group) is 1. The summed E-state index contributed by atoms with van der Waals surface area (Å²) in [6, 6.07) is -0.752. The smallest absolute Gasteiger partial charge is 0.391 e. The standard InChI is InChI=1S/C53H109N2O6P/c1-6-8-10-12-14-16-17-18-19-20-21-22-23-24-25-26-27-28-29-30-31-32-33-34-35-36-37-38-39-41-43-45-47-53(57)54-51(50-61-62(58,59)60-49-48-55(3,4)5)52(56)46-44-42-40-15-13-11-9-7-2/h51-52,56H,6-50H2,1-5H3,(H-,54,57,58,59)/p+1. The number of quaternary nitrogens is 1. The van der Waals surface area contributed by atoms with Crippen molar-refractivity contribution in [3.8, 4) is 0 Å². The van der Waals surface area contributed by atoms with E-state index in [0.717, 1.165) is 38.5 Å². The second kappa shape index (κ2) is 45.6. The topological polar surface area (TPSA) is 105 Å². The van der Waals surface area contributed by atoms with Gasteiger partial charge in [-0.1, -0.05) is 264 Å². The number of aliphatic hydroxyl groups is 1. The molecular weight excluding hydrogens is 792 g/mol. The summed E-state index contributed by atoms with van der Waals surface area (Å²) in [6.07, 6.45) is 53.4. The van der Waals surface area contributed by atoms with E-state index in [4.69, 9.17) is 9.05 Å². The summed E-state index contributed by atoms with van der Waals surface area (Å²) in [6.45, 7) is 4.89. The molecule has 9 heteroatoms. The lowest BCUT2D eigenvalue weighted by molar-refractivity contribution is -0.870. The molecule has 0 aliphatic heterocycles. The van der Waals surface area contributed by atoms with Gasteiger partial charge in [0.25, 0.3) is 0 Å². The zero-order chi connectivity index (χ0) is 45.7. The largest absolute Gasteiger partial charge is 0.472 e. The minimum Gasteiger partial charge on any atom is -0.391 e. The third-order valence-electron chi connectivity index (χ3n) is 12.9. The Kier molecular flexibility index (Phi) is 45.3. The van der Waals surface area contributed by atoms with Crippen LogP contribution in [0.1, 0.15) is 284 Å². The lowest BCUT2D eigenvalue weighted by atomic mass is 10.0. The third kappa shape index (κ3) is 47.5. The van der Waals surface area contributed by atoms with Crippen molar-refractivity contribution in [2.75, 3.05) is 40.9 Å². The van der Waals surface area contributed by atoms with E-state index in [2.05, 4.69) is 19.2 Å². The lowest BCUT2D eigenvalue weighted by Crippen LogP contribution is -2.46. The zero-order valence-electron chi connectivity index (χ0n) is 42.4. The molecule has 0 heterocycles. The van der Waals surface area contributed by atoms with E-state index in [9.17, 15) is 19.4 Å². The number of hydrogen-bond acceptors (Lipinski definition) is 5. The van der Waals surface area contributed by atoms with Gasteiger partial charge in [-0.3, -0.25) is 13.8 Å². The highest BCUT2D eigenvalue weighted by Gasteiger charge is 2.28. The van der Waals surface area contributed by atoms with Gasteiger partial charge < -0.3 is 19.8 Å². The molecule has 8 nitrogen and oxygen atoms in total. The van der Waals surface area contributed by atoms with E-state index in [1.165, 1.54) is 218 Å². The maximum Gasteiger partial charge on any atom is 0.472 e. The number of aliphatic hydroxyl groups excluding tert-OH is 1. The quantitative estimate of drug-likeness (QED) is 0.0319. The Bertz CT molecular complexity index is 978. The van der Waals surface area contributed by atoms with E-state index in [1.807, 2.05) is 21.1 Å². The monoisotopic (exact) mass is 902 g/mol. The number of carbonyl (C=O) groups is 1. The third-order valence-corrected chi connectivity index (χ3v) is 13.8. The summed E-state index contributed by atoms with van der Waals surface area (Å²) in [5.74, 6) is -0.141. The van der Waals surface area contributed by atoms with Crippen LogP contribution in [0.5, 0.6) is 0 Å². The second-order valence-corrected chi connectivity index (χ2v) is 21.8. The second-order valence-electron chi connectivity index (χ2n) is 20.3. The van der Waals surface area contributed by atoms with Gasteiger partial charge in [0.05, 0.1) is 39.9 Å². The molecule has 0 saturated carbocycles. The molecule has 62 heavy (non-hydrogen) atoms. The van der Waals surface area contributed by atoms with Crippen molar-refractivity contribution in [1.29, 1.82) is 0 Å². The Morgan fingerprint density at radius 3 is 1.08 bits per heavy atom. The molecule has 0 spiro atoms. The minimum atomic E-state index is -4.30. The van der Waals surface area contributed by atoms with Crippen LogP contribution < -0.4 is 5.32 Å². The van der Waals surface area contributed by atoms with Gasteiger partial charge >= 0.3 is 7.82 Å². The number of rotatable bonds is 51. The first-order chi connectivity index (χ1) is 30.0. The van der Waals surface area contributed by atoms with Crippen molar-refractivity contribution in [3.63, 3.8) is 0 Å². The number of unbranched alkanes of at least 4 members (excludes halogenated alkanes) is 38. The summed E-state index contributed by atoms with van der Waals surface area (Å²) in [5.41, 5.74) is 0. The van der Waals surface area contributed by atoms with Crippen LogP contribution in [0.3, 0.4) is 0 Å². The van der Waals surface area contributed by atoms with Gasteiger partial charge in [-0.25, -0.2) is 4.57 Å². The van der Waals surface area contributed by atoms with Gasteiger partial charge in [-0.2, -0.15) is 0 Å². The van der Waals surface area contributed by atoms with Crippen molar-refractivity contribution in [3.05, 3.63) is 0 Å². The first-order valence-electron chi connectivity index (χ1n) is 27.4. The first kappa shape index (κ1) is 61.5. The summed E-state index contributed by atoms with van der Waals surface area (Å²) in [7, 11) is 1.63. The van der Waals surface area contributed by atoms with Gasteiger partial charge in [0.2, 0.25) is 5.91 Å². The highest BCUT2D eigenvalue weighted by atomic mass is 31.2. The number of nitrogens with zero attached hydrogens (tertiary/aromatic N) is 1. The number of amides is 1. The molecule has 0 aliphatic carbocycles. The Morgan fingerprint density at radius 1 is 0.484 bits per heavy atom. The number of nitrogens with one attached hydrogen (secondary N) is 1. The van der Waals surface area contributed by atoms with Crippen molar-refractivity contribution in [2.24, 2.45) is 0 Å². The highest BCUT2D eigenvalue weighted by molar-refractivity contribution is 7.47. The number of phosphoric ester groups is 1. The van der Waals surface area contributed by atoms with Gasteiger partial charge in [0, 0.05) is 6.42 Å². The maximum atomic E-state index is 12.9. The predicted octanol–water partition coefficient (Wildman–Crippen LogP) is 16.1. The van der Waals surface area contributed by atoms with Crippen LogP contribution in [0.4, 0.5) is 0 Å².